The summed E-state index contributed by atoms with van der Waals surface area (Å²) >= 11 is 0. The summed E-state index contributed by atoms with van der Waals surface area (Å²) in [5, 5.41) is 0. The third kappa shape index (κ3) is 8.32. The van der Waals surface area contributed by atoms with Gasteiger partial charge in [-0.2, -0.15) is 0 Å². The van der Waals surface area contributed by atoms with Crippen LogP contribution < -0.4 is 0 Å². The van der Waals surface area contributed by atoms with Crippen LogP contribution in [0.25, 0.3) is 0 Å². The fourth-order valence-corrected chi connectivity index (χ4v) is 4.01. The van der Waals surface area contributed by atoms with Crippen molar-refractivity contribution in [1.82, 2.24) is 0 Å². The minimum Gasteiger partial charge on any atom is -0.469 e. The lowest BCUT2D eigenvalue weighted by Gasteiger charge is -2.25. The Labute approximate surface area is 159 Å². The lowest BCUT2D eigenvalue weighted by molar-refractivity contribution is -0.158. The van der Waals surface area contributed by atoms with Crippen LogP contribution in [-0.4, -0.2) is 57.1 Å². The number of carbonyl (C=O) groups is 4. The van der Waals surface area contributed by atoms with Crippen molar-refractivity contribution in [2.75, 3.05) is 33.6 Å². The molecule has 0 heterocycles. The van der Waals surface area contributed by atoms with E-state index in [4.69, 9.17) is 9.05 Å². The minimum absolute atomic E-state index is 0.121. The Morgan fingerprint density at radius 2 is 1.44 bits per heavy atom. The van der Waals surface area contributed by atoms with Gasteiger partial charge in [0, 0.05) is 12.8 Å². The van der Waals surface area contributed by atoms with Crippen LogP contribution in [0.1, 0.15) is 46.5 Å². The van der Waals surface area contributed by atoms with Crippen molar-refractivity contribution in [1.29, 1.82) is 0 Å². The summed E-state index contributed by atoms with van der Waals surface area (Å²) in [5.74, 6) is -2.38. The molecule has 0 aliphatic heterocycles. The zero-order chi connectivity index (χ0) is 21.1. The first-order valence-corrected chi connectivity index (χ1v) is 10.4. The average molecular weight is 408 g/mol. The molecule has 0 aromatic heterocycles. The second-order valence-corrected chi connectivity index (χ2v) is 8.02. The van der Waals surface area contributed by atoms with Crippen LogP contribution in [0.2, 0.25) is 0 Å². The molecule has 1 atom stereocenters. The molecule has 27 heavy (non-hydrogen) atoms. The van der Waals surface area contributed by atoms with Gasteiger partial charge in [0.1, 0.15) is 23.1 Å². The van der Waals surface area contributed by atoms with Gasteiger partial charge >= 0.3 is 19.5 Å². The predicted molar refractivity (Wildman–Crippen MR) is 96.3 cm³/mol. The highest BCUT2D eigenvalue weighted by Gasteiger charge is 2.42. The molecular weight excluding hydrogens is 379 g/mol. The number of ketones is 2. The van der Waals surface area contributed by atoms with E-state index in [1.165, 1.54) is 14.0 Å². The molecule has 0 saturated heterocycles. The van der Waals surface area contributed by atoms with Crippen molar-refractivity contribution in [3.05, 3.63) is 0 Å². The maximum Gasteiger partial charge on any atom is 0.338 e. The maximum atomic E-state index is 12.5. The summed E-state index contributed by atoms with van der Waals surface area (Å²) in [5.41, 5.74) is -1.60. The number of esters is 2. The van der Waals surface area contributed by atoms with E-state index in [9.17, 15) is 23.7 Å². The average Bonchev–Trinajstić information content (AvgIpc) is 2.63. The van der Waals surface area contributed by atoms with Gasteiger partial charge in [-0.3, -0.25) is 23.7 Å². The highest BCUT2D eigenvalue weighted by atomic mass is 31.2. The standard InChI is InChI=1S/C17H29O9P/c1-6-25-27(22,26-7-2)12-13(18)10-11-17(3,16(21)24-5)14(19)8-9-15(20)23-4/h6-12H2,1-5H3/t17-/m0/s1. The van der Waals surface area contributed by atoms with E-state index >= 15 is 0 Å². The lowest BCUT2D eigenvalue weighted by atomic mass is 9.79. The summed E-state index contributed by atoms with van der Waals surface area (Å²) < 4.78 is 31.7. The van der Waals surface area contributed by atoms with Gasteiger partial charge < -0.3 is 18.5 Å². The smallest absolute Gasteiger partial charge is 0.338 e. The molecule has 9 nitrogen and oxygen atoms in total. The summed E-state index contributed by atoms with van der Waals surface area (Å²) in [4.78, 5) is 48.0. The first-order valence-electron chi connectivity index (χ1n) is 8.66. The van der Waals surface area contributed by atoms with Crippen LogP contribution >= 0.6 is 7.60 Å². The quantitative estimate of drug-likeness (QED) is 0.242. The monoisotopic (exact) mass is 408 g/mol. The second-order valence-electron chi connectivity index (χ2n) is 5.97. The van der Waals surface area contributed by atoms with Gasteiger partial charge in [-0.15, -0.1) is 0 Å². The van der Waals surface area contributed by atoms with Crippen molar-refractivity contribution in [3.8, 4) is 0 Å². The fraction of sp³-hybridized carbons (Fsp3) is 0.765. The van der Waals surface area contributed by atoms with E-state index in [0.717, 1.165) is 7.11 Å². The summed E-state index contributed by atoms with van der Waals surface area (Å²) in [7, 11) is -1.23. The molecule has 0 amide bonds. The predicted octanol–water partition coefficient (Wildman–Crippen LogP) is 2.30. The molecule has 156 valence electrons. The number of hydrogen-bond acceptors (Lipinski definition) is 9. The zero-order valence-corrected chi connectivity index (χ0v) is 17.5. The Bertz CT molecular complexity index is 577. The normalized spacial score (nSPS) is 13.5. The number of rotatable bonds is 14. The van der Waals surface area contributed by atoms with Crippen LogP contribution in [0.3, 0.4) is 0 Å². The summed E-state index contributed by atoms with van der Waals surface area (Å²) in [6.45, 7) is 4.86. The van der Waals surface area contributed by atoms with Gasteiger partial charge in [-0.1, -0.05) is 0 Å². The molecule has 0 unspecified atom stereocenters. The molecule has 0 N–H and O–H groups in total. The molecule has 0 radical (unpaired) electrons. The third-order valence-corrected chi connectivity index (χ3v) is 6.00. The van der Waals surface area contributed by atoms with E-state index in [1.54, 1.807) is 13.8 Å². The van der Waals surface area contributed by atoms with E-state index in [-0.39, 0.29) is 38.9 Å². The van der Waals surface area contributed by atoms with Gasteiger partial charge in [0.2, 0.25) is 0 Å². The van der Waals surface area contributed by atoms with E-state index < -0.39 is 42.7 Å². The Balaban J connectivity index is 5.07. The lowest BCUT2D eigenvalue weighted by Crippen LogP contribution is -2.38. The van der Waals surface area contributed by atoms with Crippen LogP contribution in [0.5, 0.6) is 0 Å². The molecule has 0 aliphatic carbocycles. The Morgan fingerprint density at radius 3 is 1.89 bits per heavy atom. The number of methoxy groups -OCH3 is 2. The number of hydrogen-bond donors (Lipinski definition) is 0. The minimum atomic E-state index is -3.55. The number of Topliss-reactive ketones (excluding diaryl/α,β-unsaturated/α-hetero) is 2. The Hall–Kier alpha value is -1.57. The topological polar surface area (TPSA) is 122 Å². The van der Waals surface area contributed by atoms with E-state index in [1.807, 2.05) is 0 Å². The van der Waals surface area contributed by atoms with Crippen LogP contribution in [0.4, 0.5) is 0 Å². The largest absolute Gasteiger partial charge is 0.469 e. The van der Waals surface area contributed by atoms with Crippen LogP contribution in [0, 0.1) is 5.41 Å². The fourth-order valence-electron chi connectivity index (χ4n) is 2.38. The van der Waals surface area contributed by atoms with Gasteiger partial charge in [-0.25, -0.2) is 0 Å². The SMILES string of the molecule is CCOP(=O)(CC(=O)CC[C@@](C)(C(=O)CCC(=O)OC)C(=O)OC)OCC. The van der Waals surface area contributed by atoms with E-state index in [2.05, 4.69) is 9.47 Å². The van der Waals surface area contributed by atoms with Crippen molar-refractivity contribution < 1.29 is 42.3 Å². The highest BCUT2D eigenvalue weighted by Crippen LogP contribution is 2.48. The molecule has 0 spiro atoms. The highest BCUT2D eigenvalue weighted by molar-refractivity contribution is 7.54. The molecular formula is C17H29O9P. The van der Waals surface area contributed by atoms with Crippen molar-refractivity contribution >= 4 is 31.1 Å². The molecule has 0 rings (SSSR count). The molecule has 0 aliphatic rings. The van der Waals surface area contributed by atoms with Gasteiger partial charge in [0.05, 0.1) is 33.9 Å². The van der Waals surface area contributed by atoms with Gasteiger partial charge in [-0.05, 0) is 27.2 Å². The number of carbonyl (C=O) groups excluding carboxylic acids is 4. The Kier molecular flexibility index (Phi) is 11.3. The van der Waals surface area contributed by atoms with Crippen molar-refractivity contribution in [2.24, 2.45) is 5.41 Å². The zero-order valence-electron chi connectivity index (χ0n) is 16.6. The summed E-state index contributed by atoms with van der Waals surface area (Å²) in [6.07, 6.45) is -1.18. The first-order chi connectivity index (χ1) is 12.6. The number of ether oxygens (including phenoxy) is 2. The third-order valence-electron chi connectivity index (χ3n) is 3.96. The van der Waals surface area contributed by atoms with E-state index in [0.29, 0.717) is 0 Å². The van der Waals surface area contributed by atoms with Crippen molar-refractivity contribution in [3.63, 3.8) is 0 Å². The van der Waals surface area contributed by atoms with Crippen LogP contribution in [0.15, 0.2) is 0 Å². The first kappa shape index (κ1) is 25.4. The molecule has 0 fully saturated rings. The Morgan fingerprint density at radius 1 is 0.889 bits per heavy atom. The van der Waals surface area contributed by atoms with Crippen LogP contribution in [-0.2, 0) is 42.3 Å². The summed E-state index contributed by atoms with van der Waals surface area (Å²) in [6, 6.07) is 0. The molecule has 0 saturated carbocycles. The molecule has 10 heteroatoms. The molecule has 0 aromatic rings. The van der Waals surface area contributed by atoms with Crippen molar-refractivity contribution in [2.45, 2.75) is 46.5 Å². The molecule has 0 aromatic carbocycles. The van der Waals surface area contributed by atoms with Gasteiger partial charge in [0.25, 0.3) is 0 Å². The van der Waals surface area contributed by atoms with Gasteiger partial charge in [0.15, 0.2) is 0 Å². The second kappa shape index (κ2) is 12.0. The molecule has 0 bridgehead atoms. The maximum absolute atomic E-state index is 12.5.